The lowest BCUT2D eigenvalue weighted by Gasteiger charge is -2.00. The van der Waals surface area contributed by atoms with Crippen LogP contribution >= 0.6 is 0 Å². The Bertz CT molecular complexity index is 312. The van der Waals surface area contributed by atoms with Gasteiger partial charge in [0, 0.05) is 6.42 Å². The average molecular weight is 312 g/mol. The van der Waals surface area contributed by atoms with Crippen LogP contribution in [0.4, 0.5) is 0 Å². The van der Waals surface area contributed by atoms with Crippen molar-refractivity contribution in [3.05, 3.63) is 12.2 Å². The highest BCUT2D eigenvalue weighted by atomic mass is 18.4. The standard InChI is InChI=1S/C19H34O3/c1-3-4-11-14-17-18(22-17)15-12-9-7-5-6-8-10-13-16-19(20)21-2/h9,12,17-18H,3-8,10-11,13-16H2,1-2H3/b12-9-/i22+2. The maximum absolute atomic E-state index is 10.9. The Morgan fingerprint density at radius 3 is 2.55 bits per heavy atom. The highest BCUT2D eigenvalue weighted by Gasteiger charge is 2.36. The number of unbranched alkanes of at least 4 members (excludes halogenated alkanes) is 7. The molecule has 1 saturated heterocycles. The van der Waals surface area contributed by atoms with Gasteiger partial charge in [-0.1, -0.05) is 57.6 Å². The molecule has 0 aliphatic carbocycles. The first-order valence-electron chi connectivity index (χ1n) is 9.15. The second-order valence-electron chi connectivity index (χ2n) is 6.30. The Morgan fingerprint density at radius 1 is 1.00 bits per heavy atom. The highest BCUT2D eigenvalue weighted by molar-refractivity contribution is 5.68. The number of esters is 1. The van der Waals surface area contributed by atoms with Crippen LogP contribution in [0.3, 0.4) is 0 Å². The van der Waals surface area contributed by atoms with Crippen molar-refractivity contribution in [3.8, 4) is 0 Å². The van der Waals surface area contributed by atoms with Crippen molar-refractivity contribution in [3.63, 3.8) is 0 Å². The van der Waals surface area contributed by atoms with Crippen molar-refractivity contribution >= 4 is 5.97 Å². The van der Waals surface area contributed by atoms with E-state index in [0.717, 1.165) is 19.3 Å². The number of allylic oxidation sites excluding steroid dienone is 1. The van der Waals surface area contributed by atoms with Crippen LogP contribution in [0.25, 0.3) is 0 Å². The molecular weight excluding hydrogens is 278 g/mol. The summed E-state index contributed by atoms with van der Waals surface area (Å²) in [6, 6.07) is 0. The van der Waals surface area contributed by atoms with Crippen LogP contribution in [0, 0.1) is 0 Å². The zero-order valence-corrected chi connectivity index (χ0v) is 14.5. The van der Waals surface area contributed by atoms with Gasteiger partial charge in [-0.05, 0) is 32.1 Å². The van der Waals surface area contributed by atoms with Crippen LogP contribution in [0.2, 0.25) is 0 Å². The topological polar surface area (TPSA) is 38.8 Å². The molecule has 2 atom stereocenters. The van der Waals surface area contributed by atoms with Gasteiger partial charge >= 0.3 is 5.97 Å². The SMILES string of the molecule is CCCCCC1[18O]C1C/C=C\CCCCCCCC(=O)OC. The predicted molar refractivity (Wildman–Crippen MR) is 90.9 cm³/mol. The quantitative estimate of drug-likeness (QED) is 0.146. The van der Waals surface area contributed by atoms with Crippen LogP contribution in [-0.2, 0) is 14.3 Å². The second kappa shape index (κ2) is 12.7. The predicted octanol–water partition coefficient (Wildman–Crippen LogP) is 5.18. The van der Waals surface area contributed by atoms with Gasteiger partial charge in [0.25, 0.3) is 0 Å². The first-order chi connectivity index (χ1) is 10.8. The molecule has 1 fully saturated rings. The third-order valence-corrected chi connectivity index (χ3v) is 4.29. The van der Waals surface area contributed by atoms with Crippen LogP contribution in [0.1, 0.15) is 84.0 Å². The van der Waals surface area contributed by atoms with E-state index in [0.29, 0.717) is 18.6 Å². The van der Waals surface area contributed by atoms with E-state index in [2.05, 4.69) is 23.8 Å². The van der Waals surface area contributed by atoms with Gasteiger partial charge in [-0.3, -0.25) is 4.79 Å². The summed E-state index contributed by atoms with van der Waals surface area (Å²) < 4.78 is 10.3. The smallest absolute Gasteiger partial charge is 0.305 e. The minimum Gasteiger partial charge on any atom is -0.469 e. The molecule has 22 heavy (non-hydrogen) atoms. The minimum absolute atomic E-state index is 0.0850. The van der Waals surface area contributed by atoms with Crippen LogP contribution < -0.4 is 0 Å². The molecule has 0 spiro atoms. The van der Waals surface area contributed by atoms with Crippen LogP contribution in [0.15, 0.2) is 12.2 Å². The zero-order chi connectivity index (χ0) is 16.0. The van der Waals surface area contributed by atoms with Gasteiger partial charge in [0.15, 0.2) is 0 Å². The van der Waals surface area contributed by atoms with Crippen LogP contribution in [0.5, 0.6) is 0 Å². The number of ether oxygens (including phenoxy) is 2. The zero-order valence-electron chi connectivity index (χ0n) is 14.5. The highest BCUT2D eigenvalue weighted by Crippen LogP contribution is 2.30. The van der Waals surface area contributed by atoms with Crippen molar-refractivity contribution in [2.24, 2.45) is 0 Å². The molecule has 1 aliphatic rings. The second-order valence-corrected chi connectivity index (χ2v) is 6.30. The lowest BCUT2D eigenvalue weighted by atomic mass is 10.1. The van der Waals surface area contributed by atoms with Gasteiger partial charge in [0.05, 0.1) is 19.3 Å². The van der Waals surface area contributed by atoms with E-state index in [4.69, 9.17) is 4.74 Å². The van der Waals surface area contributed by atoms with Gasteiger partial charge < -0.3 is 9.47 Å². The molecule has 0 N–H and O–H groups in total. The van der Waals surface area contributed by atoms with Gasteiger partial charge in [-0.25, -0.2) is 0 Å². The van der Waals surface area contributed by atoms with E-state index in [1.165, 1.54) is 58.5 Å². The monoisotopic (exact) mass is 312 g/mol. The van der Waals surface area contributed by atoms with Crippen molar-refractivity contribution in [2.75, 3.05) is 7.11 Å². The Morgan fingerprint density at radius 2 is 1.77 bits per heavy atom. The maximum Gasteiger partial charge on any atom is 0.305 e. The molecule has 0 aromatic carbocycles. The molecule has 0 aromatic rings. The largest absolute Gasteiger partial charge is 0.469 e. The third kappa shape index (κ3) is 9.99. The van der Waals surface area contributed by atoms with E-state index in [1.807, 2.05) is 0 Å². The number of hydrogen-bond acceptors (Lipinski definition) is 3. The molecule has 1 rings (SSSR count). The summed E-state index contributed by atoms with van der Waals surface area (Å²) in [7, 11) is 1.45. The summed E-state index contributed by atoms with van der Waals surface area (Å²) >= 11 is 0. The molecule has 0 amide bonds. The van der Waals surface area contributed by atoms with Crippen molar-refractivity contribution in [2.45, 2.75) is 96.2 Å². The number of carbonyl (C=O) groups excluding carboxylic acids is 1. The lowest BCUT2D eigenvalue weighted by Crippen LogP contribution is -1.99. The molecule has 0 saturated carbocycles. The molecule has 1 aliphatic heterocycles. The minimum atomic E-state index is -0.0850. The molecule has 2 unspecified atom stereocenters. The fraction of sp³-hybridized carbons (Fsp3) is 0.842. The summed E-state index contributed by atoms with van der Waals surface area (Å²) in [6.07, 6.45) is 19.5. The number of rotatable bonds is 14. The number of methoxy groups -OCH3 is 1. The molecule has 0 bridgehead atoms. The maximum atomic E-state index is 10.9. The third-order valence-electron chi connectivity index (χ3n) is 4.29. The van der Waals surface area contributed by atoms with Gasteiger partial charge in [0.2, 0.25) is 0 Å². The van der Waals surface area contributed by atoms with Crippen molar-refractivity contribution in [1.82, 2.24) is 0 Å². The molecule has 1 heterocycles. The Hall–Kier alpha value is -0.830. The summed E-state index contributed by atoms with van der Waals surface area (Å²) in [6.45, 7) is 2.24. The van der Waals surface area contributed by atoms with Gasteiger partial charge in [-0.15, -0.1) is 0 Å². The number of carbonyl (C=O) groups is 1. The first kappa shape index (κ1) is 19.2. The Kier molecular flexibility index (Phi) is 11.1. The summed E-state index contributed by atoms with van der Waals surface area (Å²) in [5.41, 5.74) is 0. The number of hydrogen-bond donors (Lipinski definition) is 0. The van der Waals surface area contributed by atoms with Gasteiger partial charge in [-0.2, -0.15) is 0 Å². The van der Waals surface area contributed by atoms with E-state index in [1.54, 1.807) is 0 Å². The van der Waals surface area contributed by atoms with E-state index < -0.39 is 0 Å². The summed E-state index contributed by atoms with van der Waals surface area (Å²) in [5, 5.41) is 0. The first-order valence-corrected chi connectivity index (χ1v) is 9.15. The normalized spacial score (nSPS) is 20.5. The molecule has 0 radical (unpaired) electrons. The van der Waals surface area contributed by atoms with Crippen molar-refractivity contribution < 1.29 is 14.3 Å². The molecule has 0 aromatic heterocycles. The van der Waals surface area contributed by atoms with Crippen molar-refractivity contribution in [1.29, 1.82) is 0 Å². The molecular formula is C19H34O3. The Labute approximate surface area is 136 Å². The van der Waals surface area contributed by atoms with E-state index >= 15 is 0 Å². The van der Waals surface area contributed by atoms with Gasteiger partial charge in [0.1, 0.15) is 0 Å². The van der Waals surface area contributed by atoms with E-state index in [9.17, 15) is 4.79 Å². The fourth-order valence-corrected chi connectivity index (χ4v) is 2.75. The fourth-order valence-electron chi connectivity index (χ4n) is 2.75. The summed E-state index contributed by atoms with van der Waals surface area (Å²) in [5.74, 6) is -0.0850. The number of epoxide rings is 1. The molecule has 128 valence electrons. The van der Waals surface area contributed by atoms with Crippen LogP contribution in [-0.4, -0.2) is 25.3 Å². The lowest BCUT2D eigenvalue weighted by molar-refractivity contribution is -0.140. The Balaban J connectivity index is 1.80. The molecule has 3 nitrogen and oxygen atoms in total. The summed E-state index contributed by atoms with van der Waals surface area (Å²) in [4.78, 5) is 10.9. The molecule has 3 heteroatoms. The van der Waals surface area contributed by atoms with E-state index in [-0.39, 0.29) is 5.97 Å². The average Bonchev–Trinajstić information content (AvgIpc) is 3.27.